The number of aromatic nitrogens is 4. The zero-order valence-electron chi connectivity index (χ0n) is 15.3. The van der Waals surface area contributed by atoms with Crippen molar-refractivity contribution in [2.45, 2.75) is 0 Å². The van der Waals surface area contributed by atoms with E-state index in [-0.39, 0.29) is 5.91 Å². The van der Waals surface area contributed by atoms with Crippen LogP contribution in [0.2, 0.25) is 5.15 Å². The molecule has 0 fully saturated rings. The number of amides is 1. The largest absolute Gasteiger partial charge is 0.388 e. The quantitative estimate of drug-likeness (QED) is 0.535. The average Bonchev–Trinajstić information content (AvgIpc) is 3.16. The van der Waals surface area contributed by atoms with Gasteiger partial charge < -0.3 is 10.2 Å². The van der Waals surface area contributed by atoms with Crippen molar-refractivity contribution in [3.8, 4) is 11.3 Å². The molecule has 0 aliphatic carbocycles. The van der Waals surface area contributed by atoms with Crippen molar-refractivity contribution in [1.82, 2.24) is 19.4 Å². The second-order valence-electron chi connectivity index (χ2n) is 6.17. The maximum atomic E-state index is 12.9. The van der Waals surface area contributed by atoms with Crippen LogP contribution in [0.4, 0.5) is 11.4 Å². The van der Waals surface area contributed by atoms with Crippen molar-refractivity contribution in [3.05, 3.63) is 72.0 Å². The molecule has 7 nitrogen and oxygen atoms in total. The molecule has 140 valence electrons. The summed E-state index contributed by atoms with van der Waals surface area (Å²) in [5, 5.41) is 3.47. The zero-order valence-corrected chi connectivity index (χ0v) is 16.1. The second-order valence-corrected chi connectivity index (χ2v) is 6.56. The van der Waals surface area contributed by atoms with Gasteiger partial charge in [0.2, 0.25) is 0 Å². The van der Waals surface area contributed by atoms with Gasteiger partial charge in [-0.05, 0) is 24.3 Å². The minimum absolute atomic E-state index is 0.254. The van der Waals surface area contributed by atoms with Gasteiger partial charge in [0, 0.05) is 31.5 Å². The number of hydrogen-bond acceptors (Lipinski definition) is 5. The summed E-state index contributed by atoms with van der Waals surface area (Å²) in [6.45, 7) is 0. The van der Waals surface area contributed by atoms with Crippen molar-refractivity contribution in [2.75, 3.05) is 24.3 Å². The van der Waals surface area contributed by atoms with Crippen molar-refractivity contribution < 1.29 is 4.79 Å². The molecule has 28 heavy (non-hydrogen) atoms. The van der Waals surface area contributed by atoms with Gasteiger partial charge in [-0.2, -0.15) is 0 Å². The van der Waals surface area contributed by atoms with E-state index in [0.717, 1.165) is 16.9 Å². The highest BCUT2D eigenvalue weighted by molar-refractivity contribution is 6.29. The molecule has 0 bridgehead atoms. The first-order chi connectivity index (χ1) is 13.6. The van der Waals surface area contributed by atoms with E-state index in [1.165, 1.54) is 4.90 Å². The van der Waals surface area contributed by atoms with Gasteiger partial charge in [0.05, 0.1) is 30.0 Å². The number of nitrogens with zero attached hydrogens (tertiary/aromatic N) is 5. The highest BCUT2D eigenvalue weighted by Crippen LogP contribution is 2.23. The Morgan fingerprint density at radius 1 is 1.04 bits per heavy atom. The van der Waals surface area contributed by atoms with E-state index in [4.69, 9.17) is 11.6 Å². The van der Waals surface area contributed by atoms with Crippen LogP contribution in [0.1, 0.15) is 10.5 Å². The van der Waals surface area contributed by atoms with Crippen molar-refractivity contribution in [1.29, 1.82) is 0 Å². The van der Waals surface area contributed by atoms with Gasteiger partial charge in [0.15, 0.2) is 5.65 Å². The van der Waals surface area contributed by atoms with Gasteiger partial charge in [0.1, 0.15) is 10.8 Å². The van der Waals surface area contributed by atoms with Crippen molar-refractivity contribution in [2.24, 2.45) is 0 Å². The van der Waals surface area contributed by atoms with Gasteiger partial charge >= 0.3 is 0 Å². The number of rotatable bonds is 4. The maximum Gasteiger partial charge on any atom is 0.278 e. The molecule has 3 aromatic heterocycles. The summed E-state index contributed by atoms with van der Waals surface area (Å²) in [6, 6.07) is 11.4. The zero-order chi connectivity index (χ0) is 19.7. The molecule has 0 aliphatic heterocycles. The van der Waals surface area contributed by atoms with E-state index in [2.05, 4.69) is 20.3 Å². The summed E-state index contributed by atoms with van der Waals surface area (Å²) >= 11 is 5.82. The fourth-order valence-electron chi connectivity index (χ4n) is 2.88. The number of anilines is 2. The second kappa shape index (κ2) is 7.28. The van der Waals surface area contributed by atoms with E-state index >= 15 is 0 Å². The van der Waals surface area contributed by atoms with Crippen LogP contribution in [-0.2, 0) is 0 Å². The Bertz CT molecular complexity index is 1140. The predicted octanol–water partition coefficient (Wildman–Crippen LogP) is 3.76. The van der Waals surface area contributed by atoms with Gasteiger partial charge in [-0.3, -0.25) is 9.20 Å². The summed E-state index contributed by atoms with van der Waals surface area (Å²) in [6.07, 6.45) is 6.61. The summed E-state index contributed by atoms with van der Waals surface area (Å²) < 4.78 is 1.86. The molecule has 0 saturated heterocycles. The Morgan fingerprint density at radius 3 is 2.50 bits per heavy atom. The minimum Gasteiger partial charge on any atom is -0.388 e. The van der Waals surface area contributed by atoms with Crippen LogP contribution in [0.3, 0.4) is 0 Å². The lowest BCUT2D eigenvalue weighted by molar-refractivity contribution is 0.0987. The van der Waals surface area contributed by atoms with Gasteiger partial charge in [0.25, 0.3) is 5.91 Å². The Balaban J connectivity index is 1.70. The van der Waals surface area contributed by atoms with Crippen LogP contribution >= 0.6 is 11.6 Å². The molecule has 1 aromatic carbocycles. The fourth-order valence-corrected chi connectivity index (χ4v) is 2.99. The number of pyridine rings is 1. The molecule has 0 atom stereocenters. The Hall–Kier alpha value is -3.45. The van der Waals surface area contributed by atoms with Crippen molar-refractivity contribution >= 4 is 34.5 Å². The molecule has 0 spiro atoms. The molecule has 3 heterocycles. The number of carbonyl (C=O) groups excluding carboxylic acids is 1. The number of imidazole rings is 1. The molecule has 0 aliphatic rings. The van der Waals surface area contributed by atoms with Crippen LogP contribution in [0.5, 0.6) is 0 Å². The maximum absolute atomic E-state index is 12.9. The average molecular weight is 393 g/mol. The molecule has 0 saturated carbocycles. The minimum atomic E-state index is -0.254. The van der Waals surface area contributed by atoms with Gasteiger partial charge in [-0.15, -0.1) is 0 Å². The summed E-state index contributed by atoms with van der Waals surface area (Å²) in [4.78, 5) is 27.0. The monoisotopic (exact) mass is 392 g/mol. The topological polar surface area (TPSA) is 75.4 Å². The molecular formula is C20H17ClN6O. The van der Waals surface area contributed by atoms with E-state index in [9.17, 15) is 4.79 Å². The molecule has 1 amide bonds. The molecule has 8 heteroatoms. The third kappa shape index (κ3) is 3.27. The van der Waals surface area contributed by atoms with Crippen LogP contribution in [-0.4, -0.2) is 39.4 Å². The van der Waals surface area contributed by atoms with Gasteiger partial charge in [-0.25, -0.2) is 15.0 Å². The number of hydrogen-bond donors (Lipinski definition) is 1. The third-order valence-electron chi connectivity index (χ3n) is 4.49. The summed E-state index contributed by atoms with van der Waals surface area (Å²) in [5.74, 6) is -0.254. The van der Waals surface area contributed by atoms with Crippen LogP contribution in [0.25, 0.3) is 16.9 Å². The Labute approximate surface area is 166 Å². The third-order valence-corrected chi connectivity index (χ3v) is 4.71. The molecule has 0 radical (unpaired) electrons. The molecule has 4 aromatic rings. The van der Waals surface area contributed by atoms with Crippen molar-refractivity contribution in [3.63, 3.8) is 0 Å². The normalized spacial score (nSPS) is 10.8. The standard InChI is InChI=1S/C20H17ClN6O/c1-22-14-5-3-13(4-6-14)17-10-25-19-11-23-16(12-27(17)19)20(28)26(2)15-7-8-18(21)24-9-15/h3-12,22H,1-2H3. The van der Waals surface area contributed by atoms with Crippen LogP contribution in [0, 0.1) is 0 Å². The van der Waals surface area contributed by atoms with E-state index in [1.807, 2.05) is 35.7 Å². The SMILES string of the molecule is CNc1ccc(-c2cnc3cnc(C(=O)N(C)c4ccc(Cl)nc4)cn23)cc1. The fraction of sp³-hybridized carbons (Fsp3) is 0.100. The lowest BCUT2D eigenvalue weighted by Gasteiger charge is -2.16. The number of benzene rings is 1. The summed E-state index contributed by atoms with van der Waals surface area (Å²) in [5.41, 5.74) is 4.49. The summed E-state index contributed by atoms with van der Waals surface area (Å²) in [7, 11) is 3.55. The highest BCUT2D eigenvalue weighted by atomic mass is 35.5. The lowest BCUT2D eigenvalue weighted by Crippen LogP contribution is -2.27. The van der Waals surface area contributed by atoms with Crippen LogP contribution < -0.4 is 10.2 Å². The van der Waals surface area contributed by atoms with E-state index in [0.29, 0.717) is 22.2 Å². The highest BCUT2D eigenvalue weighted by Gasteiger charge is 2.17. The first-order valence-corrected chi connectivity index (χ1v) is 8.95. The van der Waals surface area contributed by atoms with E-state index in [1.54, 1.807) is 44.0 Å². The number of fused-ring (bicyclic) bond motifs is 1. The first kappa shape index (κ1) is 17.9. The molecule has 1 N–H and O–H groups in total. The smallest absolute Gasteiger partial charge is 0.278 e. The number of carbonyl (C=O) groups is 1. The van der Waals surface area contributed by atoms with Gasteiger partial charge in [-0.1, -0.05) is 23.7 Å². The lowest BCUT2D eigenvalue weighted by atomic mass is 10.1. The predicted molar refractivity (Wildman–Crippen MR) is 110 cm³/mol. The van der Waals surface area contributed by atoms with E-state index < -0.39 is 0 Å². The number of halogens is 1. The Morgan fingerprint density at radius 2 is 1.82 bits per heavy atom. The number of nitrogens with one attached hydrogen (secondary N) is 1. The van der Waals surface area contributed by atoms with Crippen LogP contribution in [0.15, 0.2) is 61.2 Å². The Kier molecular flexibility index (Phi) is 4.67. The molecule has 0 unspecified atom stereocenters. The molecular weight excluding hydrogens is 376 g/mol. The first-order valence-electron chi connectivity index (χ1n) is 8.58. The molecule has 4 rings (SSSR count).